The number of ether oxygens (including phenoxy) is 1. The molecule has 0 bridgehead atoms. The highest BCUT2D eigenvalue weighted by atomic mass is 16.5. The molecular formula is C24H20N2O4. The zero-order chi connectivity index (χ0) is 21.1. The molecule has 3 aromatic rings. The maximum absolute atomic E-state index is 13.3. The van der Waals surface area contributed by atoms with Crippen molar-refractivity contribution in [3.63, 3.8) is 0 Å². The van der Waals surface area contributed by atoms with Crippen LogP contribution in [0.15, 0.2) is 78.9 Å². The lowest BCUT2D eigenvalue weighted by molar-refractivity contribution is -0.119. The average Bonchev–Trinajstić information content (AvgIpc) is 3.03. The Morgan fingerprint density at radius 3 is 2.07 bits per heavy atom. The van der Waals surface area contributed by atoms with Crippen LogP contribution in [0.5, 0.6) is 5.75 Å². The van der Waals surface area contributed by atoms with Gasteiger partial charge in [0.25, 0.3) is 11.8 Å². The average molecular weight is 400 g/mol. The third-order valence-electron chi connectivity index (χ3n) is 5.08. The molecule has 1 aliphatic rings. The van der Waals surface area contributed by atoms with Crippen LogP contribution in [0.4, 0.5) is 5.69 Å². The van der Waals surface area contributed by atoms with Gasteiger partial charge in [0.2, 0.25) is 5.91 Å². The zero-order valence-electron chi connectivity index (χ0n) is 16.4. The van der Waals surface area contributed by atoms with E-state index in [-0.39, 0.29) is 6.42 Å². The molecule has 3 aromatic carbocycles. The van der Waals surface area contributed by atoms with Gasteiger partial charge < -0.3 is 10.1 Å². The van der Waals surface area contributed by atoms with E-state index in [2.05, 4.69) is 5.32 Å². The van der Waals surface area contributed by atoms with Gasteiger partial charge in [-0.2, -0.15) is 0 Å². The van der Waals surface area contributed by atoms with E-state index in [0.29, 0.717) is 22.6 Å². The molecule has 0 aromatic heterocycles. The number of para-hydroxylation sites is 2. The second-order valence-electron chi connectivity index (χ2n) is 6.92. The summed E-state index contributed by atoms with van der Waals surface area (Å²) in [5, 5.41) is 2.82. The maximum Gasteiger partial charge on any atom is 0.262 e. The van der Waals surface area contributed by atoms with Crippen molar-refractivity contribution in [3.05, 3.63) is 95.6 Å². The molecule has 6 heteroatoms. The van der Waals surface area contributed by atoms with E-state index in [0.717, 1.165) is 10.5 Å². The minimum Gasteiger partial charge on any atom is -0.495 e. The highest BCUT2D eigenvalue weighted by molar-refractivity contribution is 6.23. The lowest BCUT2D eigenvalue weighted by Crippen LogP contribution is -2.48. The molecule has 4 rings (SSSR count). The molecule has 0 radical (unpaired) electrons. The monoisotopic (exact) mass is 400 g/mol. The number of carbonyl (C=O) groups excluding carboxylic acids is 3. The summed E-state index contributed by atoms with van der Waals surface area (Å²) in [6.07, 6.45) is 0.202. The van der Waals surface area contributed by atoms with Gasteiger partial charge in [-0.3, -0.25) is 19.3 Å². The van der Waals surface area contributed by atoms with Crippen LogP contribution in [0.2, 0.25) is 0 Å². The molecule has 6 nitrogen and oxygen atoms in total. The SMILES string of the molecule is COc1ccccc1NC(=O)[C@@H](Cc1ccccc1)N1C(=O)c2ccccc2C1=O. The van der Waals surface area contributed by atoms with E-state index >= 15 is 0 Å². The standard InChI is InChI=1S/C24H20N2O4/c1-30-21-14-8-7-13-19(21)25-22(27)20(15-16-9-3-2-4-10-16)26-23(28)17-11-5-6-12-18(17)24(26)29/h2-14,20H,15H2,1H3,(H,25,27)/t20-/m1/s1. The smallest absolute Gasteiger partial charge is 0.262 e. The Kier molecular flexibility index (Phi) is 5.30. The van der Waals surface area contributed by atoms with Gasteiger partial charge >= 0.3 is 0 Å². The molecule has 1 atom stereocenters. The number of anilines is 1. The Hall–Kier alpha value is -3.93. The molecule has 0 saturated heterocycles. The molecule has 3 amide bonds. The Labute approximate surface area is 174 Å². The molecular weight excluding hydrogens is 380 g/mol. The highest BCUT2D eigenvalue weighted by Crippen LogP contribution is 2.28. The van der Waals surface area contributed by atoms with Crippen molar-refractivity contribution in [2.75, 3.05) is 12.4 Å². The van der Waals surface area contributed by atoms with Gasteiger partial charge in [0.05, 0.1) is 23.9 Å². The first-order chi connectivity index (χ1) is 14.6. The van der Waals surface area contributed by atoms with Crippen LogP contribution >= 0.6 is 0 Å². The lowest BCUT2D eigenvalue weighted by atomic mass is 10.0. The van der Waals surface area contributed by atoms with Gasteiger partial charge in [0.15, 0.2) is 0 Å². The van der Waals surface area contributed by atoms with E-state index in [1.807, 2.05) is 30.3 Å². The first-order valence-electron chi connectivity index (χ1n) is 9.55. The Morgan fingerprint density at radius 2 is 1.43 bits per heavy atom. The number of hydrogen-bond acceptors (Lipinski definition) is 4. The number of methoxy groups -OCH3 is 1. The fourth-order valence-corrected chi connectivity index (χ4v) is 3.59. The van der Waals surface area contributed by atoms with Crippen molar-refractivity contribution in [3.8, 4) is 5.75 Å². The van der Waals surface area contributed by atoms with Gasteiger partial charge in [-0.25, -0.2) is 0 Å². The van der Waals surface area contributed by atoms with Crippen molar-refractivity contribution in [1.29, 1.82) is 0 Å². The summed E-state index contributed by atoms with van der Waals surface area (Å²) < 4.78 is 5.30. The van der Waals surface area contributed by atoms with E-state index in [1.54, 1.807) is 48.5 Å². The molecule has 0 aliphatic carbocycles. The maximum atomic E-state index is 13.3. The number of nitrogens with zero attached hydrogens (tertiary/aromatic N) is 1. The van der Waals surface area contributed by atoms with Gasteiger partial charge in [0, 0.05) is 6.42 Å². The van der Waals surface area contributed by atoms with E-state index in [4.69, 9.17) is 4.74 Å². The van der Waals surface area contributed by atoms with Gasteiger partial charge in [0.1, 0.15) is 11.8 Å². The second-order valence-corrected chi connectivity index (χ2v) is 6.92. The highest BCUT2D eigenvalue weighted by Gasteiger charge is 2.42. The molecule has 0 spiro atoms. The third kappa shape index (κ3) is 3.55. The third-order valence-corrected chi connectivity index (χ3v) is 5.08. The quantitative estimate of drug-likeness (QED) is 0.642. The summed E-state index contributed by atoms with van der Waals surface area (Å²) >= 11 is 0. The summed E-state index contributed by atoms with van der Waals surface area (Å²) in [5.41, 5.74) is 1.94. The van der Waals surface area contributed by atoms with Crippen LogP contribution in [-0.2, 0) is 11.2 Å². The predicted octanol–water partition coefficient (Wildman–Crippen LogP) is 3.54. The molecule has 1 N–H and O–H groups in total. The summed E-state index contributed by atoms with van der Waals surface area (Å²) in [5.74, 6) is -0.900. The Morgan fingerprint density at radius 1 is 0.867 bits per heavy atom. The van der Waals surface area contributed by atoms with Crippen LogP contribution in [0, 0.1) is 0 Å². The molecule has 0 unspecified atom stereocenters. The molecule has 30 heavy (non-hydrogen) atoms. The van der Waals surface area contributed by atoms with Crippen molar-refractivity contribution in [2.24, 2.45) is 0 Å². The molecule has 1 heterocycles. The van der Waals surface area contributed by atoms with Crippen molar-refractivity contribution in [1.82, 2.24) is 4.90 Å². The number of fused-ring (bicyclic) bond motifs is 1. The van der Waals surface area contributed by atoms with Gasteiger partial charge in [-0.15, -0.1) is 0 Å². The van der Waals surface area contributed by atoms with Crippen LogP contribution in [0.25, 0.3) is 0 Å². The van der Waals surface area contributed by atoms with Gasteiger partial charge in [-0.1, -0.05) is 54.6 Å². The first kappa shape index (κ1) is 19.4. The fourth-order valence-electron chi connectivity index (χ4n) is 3.59. The number of benzene rings is 3. The normalized spacial score (nSPS) is 13.7. The van der Waals surface area contributed by atoms with Crippen molar-refractivity contribution in [2.45, 2.75) is 12.5 Å². The Balaban J connectivity index is 1.69. The summed E-state index contributed by atoms with van der Waals surface area (Å²) in [7, 11) is 1.51. The van der Waals surface area contributed by atoms with Crippen molar-refractivity contribution < 1.29 is 19.1 Å². The van der Waals surface area contributed by atoms with E-state index in [1.165, 1.54) is 7.11 Å². The molecule has 1 aliphatic heterocycles. The number of carbonyl (C=O) groups is 3. The number of imide groups is 1. The molecule has 0 fully saturated rings. The van der Waals surface area contributed by atoms with Gasteiger partial charge in [-0.05, 0) is 29.8 Å². The number of hydrogen-bond donors (Lipinski definition) is 1. The van der Waals surface area contributed by atoms with Crippen molar-refractivity contribution >= 4 is 23.4 Å². The fraction of sp³-hybridized carbons (Fsp3) is 0.125. The largest absolute Gasteiger partial charge is 0.495 e. The van der Waals surface area contributed by atoms with Crippen LogP contribution in [0.3, 0.4) is 0 Å². The minimum atomic E-state index is -1.01. The predicted molar refractivity (Wildman–Crippen MR) is 112 cm³/mol. The van der Waals surface area contributed by atoms with Crippen LogP contribution < -0.4 is 10.1 Å². The summed E-state index contributed by atoms with van der Waals surface area (Å²) in [6, 6.07) is 21.9. The van der Waals surface area contributed by atoms with E-state index < -0.39 is 23.8 Å². The number of rotatable bonds is 6. The lowest BCUT2D eigenvalue weighted by Gasteiger charge is -2.26. The van der Waals surface area contributed by atoms with Crippen LogP contribution in [-0.4, -0.2) is 35.8 Å². The van der Waals surface area contributed by atoms with E-state index in [9.17, 15) is 14.4 Å². The molecule has 0 saturated carbocycles. The Bertz CT molecular complexity index is 1080. The number of nitrogens with one attached hydrogen (secondary N) is 1. The zero-order valence-corrected chi connectivity index (χ0v) is 16.4. The second kappa shape index (κ2) is 8.21. The molecule has 150 valence electrons. The number of amides is 3. The minimum absolute atomic E-state index is 0.202. The van der Waals surface area contributed by atoms with Crippen LogP contribution in [0.1, 0.15) is 26.3 Å². The summed E-state index contributed by atoms with van der Waals surface area (Å²) in [6.45, 7) is 0. The first-order valence-corrected chi connectivity index (χ1v) is 9.55. The topological polar surface area (TPSA) is 75.7 Å². The summed E-state index contributed by atoms with van der Waals surface area (Å²) in [4.78, 5) is 40.4.